The second-order valence-electron chi connectivity index (χ2n) is 8.77. The van der Waals surface area contributed by atoms with Crippen molar-refractivity contribution >= 4 is 56.4 Å². The van der Waals surface area contributed by atoms with Crippen molar-refractivity contribution in [3.8, 4) is 11.6 Å². The van der Waals surface area contributed by atoms with E-state index >= 15 is 0 Å². The number of aromatic nitrogens is 1. The van der Waals surface area contributed by atoms with Gasteiger partial charge in [0.1, 0.15) is 11.4 Å². The Morgan fingerprint density at radius 1 is 1.05 bits per heavy atom. The number of ether oxygens (including phenoxy) is 2. The molecule has 0 unspecified atom stereocenters. The normalized spacial score (nSPS) is 14.2. The number of hydrogen-bond acceptors (Lipinski definition) is 6. The van der Waals surface area contributed by atoms with E-state index < -0.39 is 10.0 Å². The molecule has 1 aliphatic rings. The lowest BCUT2D eigenvalue weighted by atomic mass is 9.95. The summed E-state index contributed by atoms with van der Waals surface area (Å²) in [6.07, 6.45) is 5.40. The van der Waals surface area contributed by atoms with Crippen molar-refractivity contribution in [2.45, 2.75) is 30.6 Å². The maximum Gasteiger partial charge on any atom is 0.262 e. The second kappa shape index (κ2) is 13.0. The number of benzene rings is 2. The minimum absolute atomic E-state index is 0.00606. The molecule has 2 aromatic carbocycles. The van der Waals surface area contributed by atoms with Gasteiger partial charge in [0, 0.05) is 31.5 Å². The highest BCUT2D eigenvalue weighted by Crippen LogP contribution is 2.33. The molecule has 0 radical (unpaired) electrons. The van der Waals surface area contributed by atoms with E-state index in [2.05, 4.69) is 15.0 Å². The zero-order valence-corrected chi connectivity index (χ0v) is 23.3. The van der Waals surface area contributed by atoms with Gasteiger partial charge in [-0.1, -0.05) is 40.9 Å². The van der Waals surface area contributed by atoms with Gasteiger partial charge < -0.3 is 14.8 Å². The van der Waals surface area contributed by atoms with Crippen LogP contribution in [-0.4, -0.2) is 39.1 Å². The van der Waals surface area contributed by atoms with E-state index in [1.54, 1.807) is 24.3 Å². The average Bonchev–Trinajstić information content (AvgIpc) is 2.90. The predicted octanol–water partition coefficient (Wildman–Crippen LogP) is 6.57. The maximum absolute atomic E-state index is 13.0. The summed E-state index contributed by atoms with van der Waals surface area (Å²) in [5.41, 5.74) is 0.409. The molecule has 0 atom stereocenters. The fraction of sp³-hybridized carbons (Fsp3) is 0.308. The van der Waals surface area contributed by atoms with Gasteiger partial charge in [-0.15, -0.1) is 0 Å². The van der Waals surface area contributed by atoms with E-state index in [-0.39, 0.29) is 37.4 Å². The SMILES string of the molecule is O=C(NCCCC1CCOCC1)c1cccc(Oc2ncc(Cl)cc2NS(=O)(=O)c2ccc(Cl)c(Cl)c2)c1. The van der Waals surface area contributed by atoms with Crippen LogP contribution in [0.1, 0.15) is 36.0 Å². The Morgan fingerprint density at radius 3 is 2.61 bits per heavy atom. The predicted molar refractivity (Wildman–Crippen MR) is 148 cm³/mol. The molecule has 1 fully saturated rings. The van der Waals surface area contributed by atoms with Gasteiger partial charge in [-0.05, 0) is 74.1 Å². The molecule has 2 heterocycles. The largest absolute Gasteiger partial charge is 0.437 e. The summed E-state index contributed by atoms with van der Waals surface area (Å²) in [5.74, 6) is 0.663. The molecular weight excluding hydrogens is 573 g/mol. The van der Waals surface area contributed by atoms with Crippen molar-refractivity contribution in [2.75, 3.05) is 24.5 Å². The van der Waals surface area contributed by atoms with Crippen LogP contribution in [0.2, 0.25) is 15.1 Å². The summed E-state index contributed by atoms with van der Waals surface area (Å²) >= 11 is 18.0. The van der Waals surface area contributed by atoms with Crippen LogP contribution in [0, 0.1) is 5.92 Å². The third-order valence-corrected chi connectivity index (χ3v) is 8.30. The molecule has 1 amide bonds. The highest BCUT2D eigenvalue weighted by atomic mass is 35.5. The topological polar surface area (TPSA) is 107 Å². The van der Waals surface area contributed by atoms with Gasteiger partial charge in [-0.3, -0.25) is 9.52 Å². The van der Waals surface area contributed by atoms with E-state index in [0.717, 1.165) is 38.9 Å². The zero-order chi connectivity index (χ0) is 27.1. The molecule has 202 valence electrons. The molecule has 0 aliphatic carbocycles. The summed E-state index contributed by atoms with van der Waals surface area (Å²) < 4.78 is 39.6. The van der Waals surface area contributed by atoms with Crippen molar-refractivity contribution in [1.29, 1.82) is 0 Å². The van der Waals surface area contributed by atoms with E-state index in [1.165, 1.54) is 30.5 Å². The second-order valence-corrected chi connectivity index (χ2v) is 11.7. The first-order valence-corrected chi connectivity index (χ1v) is 14.6. The van der Waals surface area contributed by atoms with Crippen LogP contribution in [0.3, 0.4) is 0 Å². The first-order chi connectivity index (χ1) is 18.2. The molecule has 0 spiro atoms. The molecule has 2 N–H and O–H groups in total. The molecule has 8 nitrogen and oxygen atoms in total. The molecule has 3 aromatic rings. The number of halogens is 3. The van der Waals surface area contributed by atoms with Gasteiger partial charge in [0.15, 0.2) is 0 Å². The number of anilines is 1. The summed E-state index contributed by atoms with van der Waals surface area (Å²) in [6.45, 7) is 2.19. The van der Waals surface area contributed by atoms with E-state index in [0.29, 0.717) is 23.8 Å². The fourth-order valence-electron chi connectivity index (χ4n) is 3.97. The number of carbonyl (C=O) groups is 1. The average molecular weight is 599 g/mol. The van der Waals surface area contributed by atoms with E-state index in [4.69, 9.17) is 44.3 Å². The minimum Gasteiger partial charge on any atom is -0.437 e. The Labute approximate surface area is 236 Å². The highest BCUT2D eigenvalue weighted by molar-refractivity contribution is 7.92. The van der Waals surface area contributed by atoms with Gasteiger partial charge in [0.05, 0.1) is 20.0 Å². The number of nitrogens with zero attached hydrogens (tertiary/aromatic N) is 1. The molecule has 1 saturated heterocycles. The summed E-state index contributed by atoms with van der Waals surface area (Å²) in [6, 6.07) is 11.8. The molecular formula is C26H26Cl3N3O5S. The third-order valence-electron chi connectivity index (χ3n) is 5.99. The fourth-order valence-corrected chi connectivity index (χ4v) is 5.57. The Balaban J connectivity index is 1.42. The van der Waals surface area contributed by atoms with Crippen LogP contribution in [0.25, 0.3) is 0 Å². The molecule has 12 heteroatoms. The number of hydrogen-bond donors (Lipinski definition) is 2. The Kier molecular flexibility index (Phi) is 9.73. The van der Waals surface area contributed by atoms with Crippen molar-refractivity contribution < 1.29 is 22.7 Å². The first kappa shape index (κ1) is 28.4. The van der Waals surface area contributed by atoms with Crippen LogP contribution in [0.15, 0.2) is 59.6 Å². The van der Waals surface area contributed by atoms with Crippen molar-refractivity contribution in [2.24, 2.45) is 5.92 Å². The van der Waals surface area contributed by atoms with Crippen LogP contribution in [-0.2, 0) is 14.8 Å². The molecule has 1 aromatic heterocycles. The number of amides is 1. The first-order valence-electron chi connectivity index (χ1n) is 12.0. The summed E-state index contributed by atoms with van der Waals surface area (Å²) in [5, 5.41) is 3.44. The lowest BCUT2D eigenvalue weighted by Gasteiger charge is -2.21. The number of rotatable bonds is 10. The van der Waals surface area contributed by atoms with Crippen molar-refractivity contribution in [3.63, 3.8) is 0 Å². The van der Waals surface area contributed by atoms with Gasteiger partial charge in [-0.2, -0.15) is 0 Å². The standard InChI is InChI=1S/C26H26Cl3N3O5S/c27-19-14-24(32-38(34,35)21-6-7-22(28)23(29)15-21)26(31-16-19)37-20-5-1-4-18(13-20)25(33)30-10-2-3-17-8-11-36-12-9-17/h1,4-7,13-17,32H,2-3,8-12H2,(H,30,33). The number of nitrogens with one attached hydrogen (secondary N) is 2. The molecule has 4 rings (SSSR count). The zero-order valence-electron chi connectivity index (χ0n) is 20.3. The monoisotopic (exact) mass is 597 g/mol. The van der Waals surface area contributed by atoms with Crippen LogP contribution in [0.5, 0.6) is 11.6 Å². The Hall–Kier alpha value is -2.56. The number of sulfonamides is 1. The molecule has 38 heavy (non-hydrogen) atoms. The lowest BCUT2D eigenvalue weighted by Crippen LogP contribution is -2.25. The number of carbonyl (C=O) groups excluding carboxylic acids is 1. The van der Waals surface area contributed by atoms with Gasteiger partial charge >= 0.3 is 0 Å². The Morgan fingerprint density at radius 2 is 1.84 bits per heavy atom. The van der Waals surface area contributed by atoms with Gasteiger partial charge in [0.2, 0.25) is 5.88 Å². The van der Waals surface area contributed by atoms with Crippen molar-refractivity contribution in [1.82, 2.24) is 10.3 Å². The highest BCUT2D eigenvalue weighted by Gasteiger charge is 2.20. The van der Waals surface area contributed by atoms with E-state index in [9.17, 15) is 13.2 Å². The Bertz CT molecular complexity index is 1400. The van der Waals surface area contributed by atoms with Crippen LogP contribution >= 0.6 is 34.8 Å². The van der Waals surface area contributed by atoms with Crippen molar-refractivity contribution in [3.05, 3.63) is 75.4 Å². The molecule has 1 aliphatic heterocycles. The summed E-state index contributed by atoms with van der Waals surface area (Å²) in [4.78, 5) is 16.7. The lowest BCUT2D eigenvalue weighted by molar-refractivity contribution is 0.0631. The third kappa shape index (κ3) is 7.74. The quantitative estimate of drug-likeness (QED) is 0.256. The summed E-state index contributed by atoms with van der Waals surface area (Å²) in [7, 11) is -4.07. The minimum atomic E-state index is -4.07. The van der Waals surface area contributed by atoms with E-state index in [1.807, 2.05) is 0 Å². The smallest absolute Gasteiger partial charge is 0.262 e. The van der Waals surface area contributed by atoms with Gasteiger partial charge in [-0.25, -0.2) is 13.4 Å². The molecule has 0 bridgehead atoms. The van der Waals surface area contributed by atoms with Gasteiger partial charge in [0.25, 0.3) is 15.9 Å². The van der Waals surface area contributed by atoms with Crippen LogP contribution < -0.4 is 14.8 Å². The number of pyridine rings is 1. The maximum atomic E-state index is 13.0. The van der Waals surface area contributed by atoms with Crippen LogP contribution in [0.4, 0.5) is 5.69 Å². The molecule has 0 saturated carbocycles.